The van der Waals surface area contributed by atoms with Crippen LogP contribution in [-0.2, 0) is 0 Å². The van der Waals surface area contributed by atoms with E-state index in [4.69, 9.17) is 17.3 Å². The van der Waals surface area contributed by atoms with Crippen LogP contribution < -0.4 is 5.73 Å². The van der Waals surface area contributed by atoms with Gasteiger partial charge >= 0.3 is 0 Å². The highest BCUT2D eigenvalue weighted by atomic mass is 35.5. The summed E-state index contributed by atoms with van der Waals surface area (Å²) in [6.45, 7) is 1.97. The minimum Gasteiger partial charge on any atom is -0.397 e. The molecule has 0 aliphatic carbocycles. The Morgan fingerprint density at radius 2 is 2.12 bits per heavy atom. The summed E-state index contributed by atoms with van der Waals surface area (Å²) in [4.78, 5) is 5.33. The first-order chi connectivity index (χ1) is 7.65. The van der Waals surface area contributed by atoms with Crippen molar-refractivity contribution in [3.8, 4) is 0 Å². The number of anilines is 1. The van der Waals surface area contributed by atoms with Gasteiger partial charge in [-0.2, -0.15) is 0 Å². The Morgan fingerprint density at radius 3 is 2.81 bits per heavy atom. The first-order valence-electron chi connectivity index (χ1n) is 4.81. The summed E-state index contributed by atoms with van der Waals surface area (Å²) in [5.74, 6) is 0. The highest BCUT2D eigenvalue weighted by molar-refractivity contribution is 7.99. The van der Waals surface area contributed by atoms with Gasteiger partial charge in [0.15, 0.2) is 0 Å². The van der Waals surface area contributed by atoms with E-state index in [1.807, 2.05) is 37.3 Å². The van der Waals surface area contributed by atoms with Crippen LogP contribution in [0.1, 0.15) is 5.56 Å². The highest BCUT2D eigenvalue weighted by Gasteiger charge is 2.01. The van der Waals surface area contributed by atoms with Crippen LogP contribution in [0.5, 0.6) is 0 Å². The molecule has 0 radical (unpaired) electrons. The third kappa shape index (κ3) is 2.68. The summed E-state index contributed by atoms with van der Waals surface area (Å²) < 4.78 is 0. The lowest BCUT2D eigenvalue weighted by Crippen LogP contribution is -1.91. The number of halogens is 1. The van der Waals surface area contributed by atoms with Gasteiger partial charge in [0.05, 0.1) is 11.9 Å². The average Bonchev–Trinajstić information content (AvgIpc) is 2.24. The van der Waals surface area contributed by atoms with E-state index >= 15 is 0 Å². The Balaban J connectivity index is 2.24. The minimum atomic E-state index is 0.718. The monoisotopic (exact) mass is 250 g/mol. The van der Waals surface area contributed by atoms with Gasteiger partial charge in [-0.25, -0.2) is 4.98 Å². The second-order valence-electron chi connectivity index (χ2n) is 3.44. The predicted octanol–water partition coefficient (Wildman–Crippen LogP) is 3.78. The average molecular weight is 251 g/mol. The number of hydrogen-bond acceptors (Lipinski definition) is 3. The summed E-state index contributed by atoms with van der Waals surface area (Å²) in [6, 6.07) is 9.67. The lowest BCUT2D eigenvalue weighted by Gasteiger charge is -2.04. The third-order valence-electron chi connectivity index (χ3n) is 2.14. The van der Waals surface area contributed by atoms with Gasteiger partial charge in [-0.05, 0) is 36.8 Å². The van der Waals surface area contributed by atoms with Crippen molar-refractivity contribution in [2.75, 3.05) is 5.73 Å². The van der Waals surface area contributed by atoms with E-state index in [1.165, 1.54) is 0 Å². The molecule has 2 nitrogen and oxygen atoms in total. The molecule has 0 saturated carbocycles. The van der Waals surface area contributed by atoms with Gasteiger partial charge in [0.2, 0.25) is 0 Å². The van der Waals surface area contributed by atoms with Crippen LogP contribution in [0.2, 0.25) is 5.02 Å². The maximum absolute atomic E-state index is 5.91. The van der Waals surface area contributed by atoms with Gasteiger partial charge in [0.1, 0.15) is 5.03 Å². The van der Waals surface area contributed by atoms with Crippen molar-refractivity contribution in [3.05, 3.63) is 47.1 Å². The van der Waals surface area contributed by atoms with Crippen LogP contribution in [0.4, 0.5) is 5.69 Å². The Kier molecular flexibility index (Phi) is 3.36. The molecule has 0 spiro atoms. The van der Waals surface area contributed by atoms with Crippen molar-refractivity contribution in [1.82, 2.24) is 4.98 Å². The summed E-state index contributed by atoms with van der Waals surface area (Å²) in [5, 5.41) is 1.66. The summed E-state index contributed by atoms with van der Waals surface area (Å²) in [6.07, 6.45) is 1.68. The molecular formula is C12H11ClN2S. The van der Waals surface area contributed by atoms with E-state index in [0.717, 1.165) is 26.2 Å². The summed E-state index contributed by atoms with van der Waals surface area (Å²) >= 11 is 7.49. The SMILES string of the molecule is Cc1cc(Sc2cccc(Cl)c2)ncc1N. The number of aromatic nitrogens is 1. The normalized spacial score (nSPS) is 10.4. The number of aryl methyl sites for hydroxylation is 1. The molecule has 0 unspecified atom stereocenters. The molecule has 2 N–H and O–H groups in total. The molecule has 1 aromatic heterocycles. The van der Waals surface area contributed by atoms with Crippen LogP contribution in [0.3, 0.4) is 0 Å². The van der Waals surface area contributed by atoms with Crippen molar-refractivity contribution in [3.63, 3.8) is 0 Å². The van der Waals surface area contributed by atoms with E-state index < -0.39 is 0 Å². The Bertz CT molecular complexity index is 514. The largest absolute Gasteiger partial charge is 0.397 e. The minimum absolute atomic E-state index is 0.718. The molecule has 1 aromatic carbocycles. The van der Waals surface area contributed by atoms with Gasteiger partial charge in [-0.1, -0.05) is 29.4 Å². The van der Waals surface area contributed by atoms with Crippen molar-refractivity contribution < 1.29 is 0 Å². The van der Waals surface area contributed by atoms with E-state index in [-0.39, 0.29) is 0 Å². The van der Waals surface area contributed by atoms with Gasteiger partial charge in [0.25, 0.3) is 0 Å². The molecule has 0 aliphatic rings. The number of hydrogen-bond donors (Lipinski definition) is 1. The van der Waals surface area contributed by atoms with Gasteiger partial charge < -0.3 is 5.73 Å². The van der Waals surface area contributed by atoms with Crippen LogP contribution >= 0.6 is 23.4 Å². The molecule has 16 heavy (non-hydrogen) atoms. The van der Waals surface area contributed by atoms with E-state index in [9.17, 15) is 0 Å². The topological polar surface area (TPSA) is 38.9 Å². The lowest BCUT2D eigenvalue weighted by molar-refractivity contribution is 1.11. The summed E-state index contributed by atoms with van der Waals surface area (Å²) in [7, 11) is 0. The van der Waals surface area contributed by atoms with Crippen molar-refractivity contribution >= 4 is 29.1 Å². The van der Waals surface area contributed by atoms with E-state index in [2.05, 4.69) is 4.98 Å². The van der Waals surface area contributed by atoms with Crippen LogP contribution in [0, 0.1) is 6.92 Å². The van der Waals surface area contributed by atoms with Crippen LogP contribution in [0.25, 0.3) is 0 Å². The zero-order chi connectivity index (χ0) is 11.5. The first kappa shape index (κ1) is 11.3. The van der Waals surface area contributed by atoms with Crippen molar-refractivity contribution in [1.29, 1.82) is 0 Å². The standard InChI is InChI=1S/C12H11ClN2S/c1-8-5-12(15-7-11(8)14)16-10-4-2-3-9(13)6-10/h2-7H,14H2,1H3. The maximum atomic E-state index is 5.91. The van der Waals surface area contributed by atoms with Gasteiger partial charge in [-0.15, -0.1) is 0 Å². The Labute approximate surface area is 104 Å². The number of rotatable bonds is 2. The van der Waals surface area contributed by atoms with Gasteiger partial charge in [-0.3, -0.25) is 0 Å². The quantitative estimate of drug-likeness (QED) is 0.882. The zero-order valence-electron chi connectivity index (χ0n) is 8.77. The highest BCUT2D eigenvalue weighted by Crippen LogP contribution is 2.29. The molecule has 4 heteroatoms. The summed E-state index contributed by atoms with van der Waals surface area (Å²) in [5.41, 5.74) is 7.47. The fourth-order valence-corrected chi connectivity index (χ4v) is 2.42. The van der Waals surface area contributed by atoms with Crippen molar-refractivity contribution in [2.24, 2.45) is 0 Å². The van der Waals surface area contributed by atoms with Crippen molar-refractivity contribution in [2.45, 2.75) is 16.8 Å². The molecule has 0 amide bonds. The molecule has 1 heterocycles. The fourth-order valence-electron chi connectivity index (χ4n) is 1.25. The lowest BCUT2D eigenvalue weighted by atomic mass is 10.3. The maximum Gasteiger partial charge on any atom is 0.101 e. The number of nitrogens with zero attached hydrogens (tertiary/aromatic N) is 1. The van der Waals surface area contributed by atoms with Crippen LogP contribution in [-0.4, -0.2) is 4.98 Å². The molecule has 0 saturated heterocycles. The van der Waals surface area contributed by atoms with E-state index in [0.29, 0.717) is 0 Å². The second kappa shape index (κ2) is 4.76. The fraction of sp³-hybridized carbons (Fsp3) is 0.0833. The third-order valence-corrected chi connectivity index (χ3v) is 3.30. The molecule has 0 aliphatic heterocycles. The molecule has 2 aromatic rings. The molecule has 0 atom stereocenters. The number of nitrogen functional groups attached to an aromatic ring is 1. The number of nitrogens with two attached hydrogens (primary N) is 1. The number of benzene rings is 1. The van der Waals surface area contributed by atoms with Gasteiger partial charge in [0, 0.05) is 9.92 Å². The predicted molar refractivity (Wildman–Crippen MR) is 69.0 cm³/mol. The Morgan fingerprint density at radius 1 is 1.31 bits per heavy atom. The molecule has 0 fully saturated rings. The van der Waals surface area contributed by atoms with E-state index in [1.54, 1.807) is 18.0 Å². The molecule has 0 bridgehead atoms. The Hall–Kier alpha value is -1.19. The van der Waals surface area contributed by atoms with Crippen LogP contribution in [0.15, 0.2) is 46.5 Å². The molecule has 82 valence electrons. The molecular weight excluding hydrogens is 240 g/mol. The molecule has 2 rings (SSSR count). The number of pyridine rings is 1. The zero-order valence-corrected chi connectivity index (χ0v) is 10.3. The first-order valence-corrected chi connectivity index (χ1v) is 6.00. The smallest absolute Gasteiger partial charge is 0.101 e. The second-order valence-corrected chi connectivity index (χ2v) is 4.97.